The van der Waals surface area contributed by atoms with Crippen LogP contribution in [0.25, 0.3) is 0 Å². The lowest BCUT2D eigenvalue weighted by Gasteiger charge is -2.16. The lowest BCUT2D eigenvalue weighted by molar-refractivity contribution is -0.126. The average Bonchev–Trinajstić information content (AvgIpc) is 2.81. The summed E-state index contributed by atoms with van der Waals surface area (Å²) < 4.78 is 0. The Morgan fingerprint density at radius 2 is 2.35 bits per heavy atom. The van der Waals surface area contributed by atoms with Crippen LogP contribution in [0, 0.1) is 11.8 Å². The van der Waals surface area contributed by atoms with Crippen molar-refractivity contribution in [2.45, 2.75) is 26.7 Å². The van der Waals surface area contributed by atoms with Crippen molar-refractivity contribution >= 4 is 17.5 Å². The largest absolute Gasteiger partial charge is 0.356 e. The van der Waals surface area contributed by atoms with Crippen molar-refractivity contribution < 1.29 is 9.59 Å². The molecule has 1 N–H and O–H groups in total. The Labute approximate surface area is 119 Å². The van der Waals surface area contributed by atoms with Crippen molar-refractivity contribution in [1.82, 2.24) is 10.3 Å². The van der Waals surface area contributed by atoms with Gasteiger partial charge >= 0.3 is 0 Å². The van der Waals surface area contributed by atoms with Crippen LogP contribution in [-0.4, -0.2) is 29.9 Å². The van der Waals surface area contributed by atoms with Crippen LogP contribution in [0.15, 0.2) is 24.5 Å². The minimum Gasteiger partial charge on any atom is -0.356 e. The highest BCUT2D eigenvalue weighted by Crippen LogP contribution is 2.24. The third-order valence-electron chi connectivity index (χ3n) is 3.47. The number of carbonyl (C=O) groups is 2. The predicted molar refractivity (Wildman–Crippen MR) is 77.2 cm³/mol. The molecule has 1 aromatic heterocycles. The van der Waals surface area contributed by atoms with Gasteiger partial charge in [0.05, 0.1) is 17.8 Å². The van der Waals surface area contributed by atoms with E-state index >= 15 is 0 Å². The van der Waals surface area contributed by atoms with Crippen molar-refractivity contribution in [3.05, 3.63) is 24.5 Å². The number of rotatable bonds is 5. The van der Waals surface area contributed by atoms with E-state index in [1.54, 1.807) is 23.4 Å². The van der Waals surface area contributed by atoms with Gasteiger partial charge in [0, 0.05) is 25.7 Å². The molecule has 1 aromatic rings. The van der Waals surface area contributed by atoms with Crippen LogP contribution in [0.4, 0.5) is 5.69 Å². The number of hydrogen-bond donors (Lipinski definition) is 1. The second-order valence-electron chi connectivity index (χ2n) is 5.59. The summed E-state index contributed by atoms with van der Waals surface area (Å²) in [6, 6.07) is 3.63. The molecule has 1 fully saturated rings. The molecule has 1 saturated heterocycles. The Morgan fingerprint density at radius 3 is 3.00 bits per heavy atom. The maximum atomic E-state index is 12.0. The number of aromatic nitrogens is 1. The van der Waals surface area contributed by atoms with Gasteiger partial charge in [0.2, 0.25) is 11.8 Å². The quantitative estimate of drug-likeness (QED) is 0.887. The number of hydrogen-bond acceptors (Lipinski definition) is 3. The number of amides is 2. The number of carbonyl (C=O) groups excluding carboxylic acids is 2. The molecule has 0 saturated carbocycles. The second-order valence-corrected chi connectivity index (χ2v) is 5.59. The Bertz CT molecular complexity index is 473. The first-order chi connectivity index (χ1) is 9.58. The van der Waals surface area contributed by atoms with E-state index in [1.165, 1.54) is 0 Å². The number of anilines is 1. The van der Waals surface area contributed by atoms with Gasteiger partial charge in [-0.2, -0.15) is 0 Å². The standard InChI is InChI=1S/C15H21N3O2/c1-11(2)5-7-17-15(20)12-8-14(19)18(10-12)13-4-3-6-16-9-13/h3-4,6,9,11-12H,5,7-8,10H2,1-2H3,(H,17,20). The summed E-state index contributed by atoms with van der Waals surface area (Å²) in [5.41, 5.74) is 0.759. The van der Waals surface area contributed by atoms with E-state index in [4.69, 9.17) is 0 Å². The van der Waals surface area contributed by atoms with E-state index in [1.807, 2.05) is 6.07 Å². The highest BCUT2D eigenvalue weighted by molar-refractivity contribution is 6.00. The molecular weight excluding hydrogens is 254 g/mol. The maximum absolute atomic E-state index is 12.0. The Kier molecular flexibility index (Phi) is 4.71. The van der Waals surface area contributed by atoms with Gasteiger partial charge in [-0.05, 0) is 24.5 Å². The fourth-order valence-corrected chi connectivity index (χ4v) is 2.27. The molecule has 0 bridgehead atoms. The number of nitrogens with zero attached hydrogens (tertiary/aromatic N) is 2. The first-order valence-electron chi connectivity index (χ1n) is 7.06. The van der Waals surface area contributed by atoms with E-state index < -0.39 is 0 Å². The molecule has 0 radical (unpaired) electrons. The summed E-state index contributed by atoms with van der Waals surface area (Å²) >= 11 is 0. The van der Waals surface area contributed by atoms with Crippen LogP contribution in [0.5, 0.6) is 0 Å². The molecule has 0 spiro atoms. The van der Waals surface area contributed by atoms with Crippen molar-refractivity contribution in [2.24, 2.45) is 11.8 Å². The molecule has 1 unspecified atom stereocenters. The van der Waals surface area contributed by atoms with Gasteiger partial charge in [0.1, 0.15) is 0 Å². The third kappa shape index (κ3) is 3.56. The highest BCUT2D eigenvalue weighted by atomic mass is 16.2. The van der Waals surface area contributed by atoms with Crippen LogP contribution in [0.3, 0.4) is 0 Å². The SMILES string of the molecule is CC(C)CCNC(=O)C1CC(=O)N(c2cccnc2)C1. The van der Waals surface area contributed by atoms with Gasteiger partial charge in [0.25, 0.3) is 0 Å². The van der Waals surface area contributed by atoms with E-state index in [2.05, 4.69) is 24.1 Å². The summed E-state index contributed by atoms with van der Waals surface area (Å²) in [6.45, 7) is 5.36. The van der Waals surface area contributed by atoms with Crippen LogP contribution in [0.2, 0.25) is 0 Å². The molecule has 0 aliphatic carbocycles. The van der Waals surface area contributed by atoms with Gasteiger partial charge in [-0.15, -0.1) is 0 Å². The molecule has 108 valence electrons. The molecule has 1 aliphatic rings. The number of nitrogens with one attached hydrogen (secondary N) is 1. The smallest absolute Gasteiger partial charge is 0.227 e. The fourth-order valence-electron chi connectivity index (χ4n) is 2.27. The van der Waals surface area contributed by atoms with E-state index in [-0.39, 0.29) is 24.2 Å². The first-order valence-corrected chi connectivity index (χ1v) is 7.06. The van der Waals surface area contributed by atoms with Gasteiger partial charge < -0.3 is 10.2 Å². The molecule has 1 aliphatic heterocycles. The predicted octanol–water partition coefficient (Wildman–Crippen LogP) is 1.60. The minimum atomic E-state index is -0.255. The molecule has 20 heavy (non-hydrogen) atoms. The Balaban J connectivity index is 1.90. The molecule has 2 amide bonds. The van der Waals surface area contributed by atoms with Gasteiger partial charge in [-0.1, -0.05) is 13.8 Å². The van der Waals surface area contributed by atoms with Crippen molar-refractivity contribution in [1.29, 1.82) is 0 Å². The lowest BCUT2D eigenvalue weighted by Crippen LogP contribution is -2.33. The van der Waals surface area contributed by atoms with E-state index in [0.717, 1.165) is 12.1 Å². The molecule has 5 nitrogen and oxygen atoms in total. The first kappa shape index (κ1) is 14.5. The van der Waals surface area contributed by atoms with Crippen molar-refractivity contribution in [3.63, 3.8) is 0 Å². The van der Waals surface area contributed by atoms with Gasteiger partial charge in [-0.25, -0.2) is 0 Å². The molecule has 0 aromatic carbocycles. The summed E-state index contributed by atoms with van der Waals surface area (Å²) in [5, 5.41) is 2.92. The van der Waals surface area contributed by atoms with Crippen LogP contribution >= 0.6 is 0 Å². The third-order valence-corrected chi connectivity index (χ3v) is 3.47. The van der Waals surface area contributed by atoms with E-state index in [9.17, 15) is 9.59 Å². The summed E-state index contributed by atoms with van der Waals surface area (Å²) in [6.07, 6.45) is 4.55. The molecule has 2 heterocycles. The Hall–Kier alpha value is -1.91. The number of pyridine rings is 1. The van der Waals surface area contributed by atoms with Crippen molar-refractivity contribution in [2.75, 3.05) is 18.0 Å². The summed E-state index contributed by atoms with van der Waals surface area (Å²) in [4.78, 5) is 29.7. The van der Waals surface area contributed by atoms with Crippen LogP contribution < -0.4 is 10.2 Å². The Morgan fingerprint density at radius 1 is 1.55 bits per heavy atom. The average molecular weight is 275 g/mol. The second kappa shape index (κ2) is 6.50. The summed E-state index contributed by atoms with van der Waals surface area (Å²) in [7, 11) is 0. The molecule has 5 heteroatoms. The minimum absolute atomic E-state index is 0.0120. The zero-order valence-electron chi connectivity index (χ0n) is 12.0. The zero-order valence-corrected chi connectivity index (χ0v) is 12.0. The fraction of sp³-hybridized carbons (Fsp3) is 0.533. The molecule has 1 atom stereocenters. The monoisotopic (exact) mass is 275 g/mol. The zero-order chi connectivity index (χ0) is 14.5. The topological polar surface area (TPSA) is 62.3 Å². The van der Waals surface area contributed by atoms with Crippen LogP contribution in [-0.2, 0) is 9.59 Å². The van der Waals surface area contributed by atoms with Gasteiger partial charge in [-0.3, -0.25) is 14.6 Å². The maximum Gasteiger partial charge on any atom is 0.227 e. The summed E-state index contributed by atoms with van der Waals surface area (Å²) in [5.74, 6) is 0.273. The normalized spacial score (nSPS) is 18.6. The lowest BCUT2D eigenvalue weighted by atomic mass is 10.1. The van der Waals surface area contributed by atoms with E-state index in [0.29, 0.717) is 19.0 Å². The molecular formula is C15H21N3O2. The van der Waals surface area contributed by atoms with Crippen molar-refractivity contribution in [3.8, 4) is 0 Å². The van der Waals surface area contributed by atoms with Gasteiger partial charge in [0.15, 0.2) is 0 Å². The highest BCUT2D eigenvalue weighted by Gasteiger charge is 2.34. The molecule has 2 rings (SSSR count). The van der Waals surface area contributed by atoms with Crippen LogP contribution in [0.1, 0.15) is 26.7 Å².